The summed E-state index contributed by atoms with van der Waals surface area (Å²) in [5.74, 6) is 0.610. The van der Waals surface area contributed by atoms with E-state index in [1.807, 2.05) is 6.08 Å². The SMILES string of the molecule is C=CCC(CCC)c1c[nH]c2ccccc12. The van der Waals surface area contributed by atoms with Crippen molar-refractivity contribution in [3.05, 3.63) is 48.7 Å². The Bertz CT molecular complexity index is 467. The molecule has 0 spiro atoms. The predicted octanol–water partition coefficient (Wildman–Crippen LogP) is 4.63. The molecule has 0 radical (unpaired) electrons. The van der Waals surface area contributed by atoms with E-state index in [-0.39, 0.29) is 0 Å². The Balaban J connectivity index is 2.39. The van der Waals surface area contributed by atoms with Crippen molar-refractivity contribution in [1.29, 1.82) is 0 Å². The fourth-order valence-corrected chi connectivity index (χ4v) is 2.38. The Kier molecular flexibility index (Phi) is 3.45. The summed E-state index contributed by atoms with van der Waals surface area (Å²) in [4.78, 5) is 3.35. The Hall–Kier alpha value is -1.50. The minimum Gasteiger partial charge on any atom is -0.361 e. The molecule has 1 aromatic carbocycles. The molecule has 2 aromatic rings. The second-order valence-electron chi connectivity index (χ2n) is 4.30. The molecule has 1 heterocycles. The van der Waals surface area contributed by atoms with Crippen molar-refractivity contribution in [2.45, 2.75) is 32.1 Å². The summed E-state index contributed by atoms with van der Waals surface area (Å²) < 4.78 is 0. The summed E-state index contributed by atoms with van der Waals surface area (Å²) in [5, 5.41) is 1.36. The van der Waals surface area contributed by atoms with Crippen LogP contribution in [0.15, 0.2) is 43.1 Å². The highest BCUT2D eigenvalue weighted by Crippen LogP contribution is 2.31. The van der Waals surface area contributed by atoms with Crippen molar-refractivity contribution < 1.29 is 0 Å². The number of hydrogen-bond acceptors (Lipinski definition) is 0. The maximum atomic E-state index is 3.86. The van der Waals surface area contributed by atoms with E-state index in [1.54, 1.807) is 0 Å². The first-order valence-electron chi connectivity index (χ1n) is 6.03. The van der Waals surface area contributed by atoms with Gasteiger partial charge in [0.2, 0.25) is 0 Å². The highest BCUT2D eigenvalue weighted by atomic mass is 14.7. The molecule has 2 rings (SSSR count). The first kappa shape index (κ1) is 11.0. The van der Waals surface area contributed by atoms with E-state index in [9.17, 15) is 0 Å². The van der Waals surface area contributed by atoms with Crippen molar-refractivity contribution in [3.8, 4) is 0 Å². The summed E-state index contributed by atoms with van der Waals surface area (Å²) in [6.07, 6.45) is 7.71. The highest BCUT2D eigenvalue weighted by molar-refractivity contribution is 5.83. The monoisotopic (exact) mass is 213 g/mol. The molecular formula is C15H19N. The molecule has 0 aliphatic rings. The lowest BCUT2D eigenvalue weighted by molar-refractivity contribution is 0.625. The van der Waals surface area contributed by atoms with Crippen LogP contribution >= 0.6 is 0 Å². The fourth-order valence-electron chi connectivity index (χ4n) is 2.38. The van der Waals surface area contributed by atoms with Crippen LogP contribution in [0.2, 0.25) is 0 Å². The Labute approximate surface area is 97.2 Å². The van der Waals surface area contributed by atoms with Crippen LogP contribution in [-0.4, -0.2) is 4.98 Å². The van der Waals surface area contributed by atoms with Crippen molar-refractivity contribution >= 4 is 10.9 Å². The van der Waals surface area contributed by atoms with Crippen LogP contribution in [0.1, 0.15) is 37.7 Å². The van der Waals surface area contributed by atoms with E-state index in [0.29, 0.717) is 5.92 Å². The van der Waals surface area contributed by atoms with Crippen LogP contribution in [0.4, 0.5) is 0 Å². The largest absolute Gasteiger partial charge is 0.361 e. The van der Waals surface area contributed by atoms with Gasteiger partial charge >= 0.3 is 0 Å². The second kappa shape index (κ2) is 5.02. The van der Waals surface area contributed by atoms with E-state index < -0.39 is 0 Å². The van der Waals surface area contributed by atoms with Gasteiger partial charge in [0.25, 0.3) is 0 Å². The van der Waals surface area contributed by atoms with Gasteiger partial charge in [0, 0.05) is 17.1 Å². The molecule has 1 atom stereocenters. The molecule has 1 unspecified atom stereocenters. The van der Waals surface area contributed by atoms with Crippen molar-refractivity contribution in [2.24, 2.45) is 0 Å². The zero-order valence-electron chi connectivity index (χ0n) is 9.87. The quantitative estimate of drug-likeness (QED) is 0.697. The molecule has 1 heteroatoms. The summed E-state index contributed by atoms with van der Waals surface area (Å²) in [6.45, 7) is 6.10. The summed E-state index contributed by atoms with van der Waals surface area (Å²) in [7, 11) is 0. The predicted molar refractivity (Wildman–Crippen MR) is 70.8 cm³/mol. The molecular weight excluding hydrogens is 194 g/mol. The van der Waals surface area contributed by atoms with Crippen molar-refractivity contribution in [2.75, 3.05) is 0 Å². The van der Waals surface area contributed by atoms with Crippen LogP contribution in [-0.2, 0) is 0 Å². The van der Waals surface area contributed by atoms with Gasteiger partial charge in [-0.05, 0) is 30.4 Å². The third kappa shape index (κ3) is 2.04. The summed E-state index contributed by atoms with van der Waals surface area (Å²) in [5.41, 5.74) is 2.68. The summed E-state index contributed by atoms with van der Waals surface area (Å²) in [6, 6.07) is 8.52. The normalized spacial score (nSPS) is 12.8. The van der Waals surface area contributed by atoms with Gasteiger partial charge in [0.1, 0.15) is 0 Å². The van der Waals surface area contributed by atoms with Crippen LogP contribution in [0.3, 0.4) is 0 Å². The standard InChI is InChI=1S/C15H19N/c1-3-7-12(8-4-2)14-11-16-15-10-6-5-9-13(14)15/h3,5-6,9-12,16H,1,4,7-8H2,2H3. The zero-order valence-corrected chi connectivity index (χ0v) is 9.87. The Morgan fingerprint density at radius 3 is 2.94 bits per heavy atom. The summed E-state index contributed by atoms with van der Waals surface area (Å²) >= 11 is 0. The maximum absolute atomic E-state index is 3.86. The lowest BCUT2D eigenvalue weighted by atomic mass is 9.91. The van der Waals surface area contributed by atoms with E-state index in [1.165, 1.54) is 29.3 Å². The molecule has 0 fully saturated rings. The number of fused-ring (bicyclic) bond motifs is 1. The smallest absolute Gasteiger partial charge is 0.0456 e. The van der Waals surface area contributed by atoms with Crippen molar-refractivity contribution in [1.82, 2.24) is 4.98 Å². The van der Waals surface area contributed by atoms with Gasteiger partial charge in [0.15, 0.2) is 0 Å². The Morgan fingerprint density at radius 2 is 2.19 bits per heavy atom. The number of benzene rings is 1. The molecule has 84 valence electrons. The van der Waals surface area contributed by atoms with Gasteiger partial charge in [-0.3, -0.25) is 0 Å². The number of hydrogen-bond donors (Lipinski definition) is 1. The number of rotatable bonds is 5. The molecule has 0 saturated heterocycles. The van der Waals surface area contributed by atoms with E-state index in [0.717, 1.165) is 6.42 Å². The maximum Gasteiger partial charge on any atom is 0.0456 e. The Morgan fingerprint density at radius 1 is 1.38 bits per heavy atom. The number of nitrogens with one attached hydrogen (secondary N) is 1. The average Bonchev–Trinajstić information content (AvgIpc) is 2.72. The van der Waals surface area contributed by atoms with E-state index in [2.05, 4.69) is 48.9 Å². The molecule has 0 saturated carbocycles. The van der Waals surface area contributed by atoms with Gasteiger partial charge in [-0.15, -0.1) is 6.58 Å². The molecule has 1 N–H and O–H groups in total. The highest BCUT2D eigenvalue weighted by Gasteiger charge is 2.13. The van der Waals surface area contributed by atoms with Crippen LogP contribution < -0.4 is 0 Å². The van der Waals surface area contributed by atoms with E-state index >= 15 is 0 Å². The second-order valence-corrected chi connectivity index (χ2v) is 4.30. The van der Waals surface area contributed by atoms with Crippen LogP contribution in [0.25, 0.3) is 10.9 Å². The molecule has 0 bridgehead atoms. The number of aromatic nitrogens is 1. The lowest BCUT2D eigenvalue weighted by Gasteiger charge is -2.13. The first-order chi connectivity index (χ1) is 7.86. The van der Waals surface area contributed by atoms with Gasteiger partial charge in [0.05, 0.1) is 0 Å². The number of allylic oxidation sites excluding steroid dienone is 1. The number of aromatic amines is 1. The van der Waals surface area contributed by atoms with Gasteiger partial charge in [-0.25, -0.2) is 0 Å². The molecule has 16 heavy (non-hydrogen) atoms. The number of para-hydroxylation sites is 1. The van der Waals surface area contributed by atoms with Crippen LogP contribution in [0.5, 0.6) is 0 Å². The minimum atomic E-state index is 0.610. The minimum absolute atomic E-state index is 0.610. The average molecular weight is 213 g/mol. The van der Waals surface area contributed by atoms with E-state index in [4.69, 9.17) is 0 Å². The molecule has 0 aliphatic heterocycles. The number of H-pyrrole nitrogens is 1. The third-order valence-corrected chi connectivity index (χ3v) is 3.15. The molecule has 1 nitrogen and oxygen atoms in total. The van der Waals surface area contributed by atoms with Gasteiger partial charge < -0.3 is 4.98 Å². The van der Waals surface area contributed by atoms with Crippen LogP contribution in [0, 0.1) is 0 Å². The molecule has 1 aromatic heterocycles. The lowest BCUT2D eigenvalue weighted by Crippen LogP contribution is -1.95. The molecule has 0 amide bonds. The van der Waals surface area contributed by atoms with Gasteiger partial charge in [-0.1, -0.05) is 37.6 Å². The topological polar surface area (TPSA) is 15.8 Å². The van der Waals surface area contributed by atoms with Crippen molar-refractivity contribution in [3.63, 3.8) is 0 Å². The zero-order chi connectivity index (χ0) is 11.4. The first-order valence-corrected chi connectivity index (χ1v) is 6.03. The van der Waals surface area contributed by atoms with Gasteiger partial charge in [-0.2, -0.15) is 0 Å². The third-order valence-electron chi connectivity index (χ3n) is 3.15. The fraction of sp³-hybridized carbons (Fsp3) is 0.333. The molecule has 0 aliphatic carbocycles.